The van der Waals surface area contributed by atoms with Crippen molar-refractivity contribution in [1.29, 1.82) is 0 Å². The van der Waals surface area contributed by atoms with E-state index in [0.717, 1.165) is 22.3 Å². The number of fused-ring (bicyclic) bond motifs is 3. The quantitative estimate of drug-likeness (QED) is 0.374. The Kier molecular flexibility index (Phi) is 9.11. The van der Waals surface area contributed by atoms with Gasteiger partial charge in [0.25, 0.3) is 0 Å². The lowest BCUT2D eigenvalue weighted by Gasteiger charge is -2.24. The van der Waals surface area contributed by atoms with Crippen molar-refractivity contribution >= 4 is 23.9 Å². The topological polar surface area (TPSA) is 143 Å². The summed E-state index contributed by atoms with van der Waals surface area (Å²) in [5.41, 5.74) is 3.76. The summed E-state index contributed by atoms with van der Waals surface area (Å²) < 4.78 is 10.9. The number of amides is 3. The van der Waals surface area contributed by atoms with E-state index >= 15 is 0 Å². The summed E-state index contributed by atoms with van der Waals surface area (Å²) in [6, 6.07) is 12.6. The molecule has 0 saturated heterocycles. The summed E-state index contributed by atoms with van der Waals surface area (Å²) in [6.07, 6.45) is -0.767. The fraction of sp³-hybridized carbons (Fsp3) is 0.429. The van der Waals surface area contributed by atoms with Gasteiger partial charge in [0, 0.05) is 5.92 Å². The van der Waals surface area contributed by atoms with Crippen LogP contribution in [0.15, 0.2) is 48.5 Å². The summed E-state index contributed by atoms with van der Waals surface area (Å²) in [5, 5.41) is 16.7. The van der Waals surface area contributed by atoms with Crippen molar-refractivity contribution < 1.29 is 33.8 Å². The van der Waals surface area contributed by atoms with E-state index in [1.807, 2.05) is 48.5 Å². The summed E-state index contributed by atoms with van der Waals surface area (Å²) in [6.45, 7) is 8.03. The molecular weight excluding hydrogens is 490 g/mol. The van der Waals surface area contributed by atoms with Crippen molar-refractivity contribution in [2.24, 2.45) is 0 Å². The molecule has 10 heteroatoms. The molecule has 1 aliphatic carbocycles. The SMILES string of the molecule is C[C@H](NC(=O)OCC1c2ccccc2-c2ccccc21)C(=O)N[C@@H](C)C(=O)N[C@@H](COC(C)(C)C)C(=O)O. The van der Waals surface area contributed by atoms with Crippen LogP contribution in [-0.2, 0) is 23.9 Å². The van der Waals surface area contributed by atoms with Crippen LogP contribution in [0.2, 0.25) is 0 Å². The van der Waals surface area contributed by atoms with E-state index in [-0.39, 0.29) is 19.1 Å². The number of hydrogen-bond acceptors (Lipinski definition) is 6. The molecule has 0 fully saturated rings. The number of rotatable bonds is 10. The number of nitrogens with one attached hydrogen (secondary N) is 3. The maximum atomic E-state index is 12.6. The van der Waals surface area contributed by atoms with E-state index < -0.39 is 47.6 Å². The summed E-state index contributed by atoms with van der Waals surface area (Å²) in [7, 11) is 0. The third kappa shape index (κ3) is 7.32. The van der Waals surface area contributed by atoms with Crippen LogP contribution in [0.3, 0.4) is 0 Å². The van der Waals surface area contributed by atoms with Gasteiger partial charge >= 0.3 is 12.1 Å². The van der Waals surface area contributed by atoms with Crippen LogP contribution in [0.1, 0.15) is 51.7 Å². The van der Waals surface area contributed by atoms with E-state index in [0.29, 0.717) is 0 Å². The normalized spacial score (nSPS) is 14.9. The molecule has 3 rings (SSSR count). The molecule has 0 spiro atoms. The Morgan fingerprint density at radius 1 is 0.842 bits per heavy atom. The highest BCUT2D eigenvalue weighted by Crippen LogP contribution is 2.44. The Morgan fingerprint density at radius 3 is 1.87 bits per heavy atom. The Bertz CT molecular complexity index is 1150. The Labute approximate surface area is 222 Å². The molecular formula is C28H35N3O7. The lowest BCUT2D eigenvalue weighted by atomic mass is 9.98. The highest BCUT2D eigenvalue weighted by Gasteiger charge is 2.30. The van der Waals surface area contributed by atoms with Crippen molar-refractivity contribution in [2.75, 3.05) is 13.2 Å². The maximum Gasteiger partial charge on any atom is 0.407 e. The molecule has 38 heavy (non-hydrogen) atoms. The van der Waals surface area contributed by atoms with Gasteiger partial charge in [-0.2, -0.15) is 0 Å². The number of alkyl carbamates (subject to hydrolysis) is 1. The minimum absolute atomic E-state index is 0.0974. The summed E-state index contributed by atoms with van der Waals surface area (Å²) in [4.78, 5) is 48.9. The molecule has 4 N–H and O–H groups in total. The van der Waals surface area contributed by atoms with Gasteiger partial charge in [-0.1, -0.05) is 48.5 Å². The lowest BCUT2D eigenvalue weighted by molar-refractivity contribution is -0.145. The van der Waals surface area contributed by atoms with E-state index in [9.17, 15) is 24.3 Å². The average Bonchev–Trinajstić information content (AvgIpc) is 3.18. The van der Waals surface area contributed by atoms with Gasteiger partial charge in [0.05, 0.1) is 12.2 Å². The van der Waals surface area contributed by atoms with Crippen LogP contribution in [0.5, 0.6) is 0 Å². The molecule has 1 aliphatic rings. The first-order valence-electron chi connectivity index (χ1n) is 12.5. The predicted molar refractivity (Wildman–Crippen MR) is 141 cm³/mol. The molecule has 3 atom stereocenters. The van der Waals surface area contributed by atoms with Gasteiger partial charge in [0.15, 0.2) is 6.04 Å². The number of carboxylic acid groups (broad SMARTS) is 1. The second kappa shape index (κ2) is 12.1. The van der Waals surface area contributed by atoms with Crippen LogP contribution >= 0.6 is 0 Å². The van der Waals surface area contributed by atoms with Crippen LogP contribution in [-0.4, -0.2) is 65.9 Å². The fourth-order valence-electron chi connectivity index (χ4n) is 4.09. The van der Waals surface area contributed by atoms with Crippen molar-refractivity contribution in [3.63, 3.8) is 0 Å². The van der Waals surface area contributed by atoms with E-state index in [4.69, 9.17) is 9.47 Å². The molecule has 0 bridgehead atoms. The summed E-state index contributed by atoms with van der Waals surface area (Å²) >= 11 is 0. The minimum Gasteiger partial charge on any atom is -0.480 e. The number of aliphatic carboxylic acids is 1. The van der Waals surface area contributed by atoms with Crippen LogP contribution in [0.25, 0.3) is 11.1 Å². The van der Waals surface area contributed by atoms with E-state index in [2.05, 4.69) is 16.0 Å². The number of hydrogen-bond donors (Lipinski definition) is 4. The standard InChI is InChI=1S/C28H35N3O7/c1-16(25(33)31-23(26(34)35)15-38-28(3,4)5)29-24(32)17(2)30-27(36)37-14-22-20-12-8-6-10-18(20)19-11-7-9-13-21(19)22/h6-13,16-17,22-23H,14-15H2,1-5H3,(H,29,32)(H,30,36)(H,31,33)(H,34,35)/t16-,17-,23-/m0/s1. The zero-order valence-corrected chi connectivity index (χ0v) is 22.2. The number of carboxylic acids is 1. The van der Waals surface area contributed by atoms with Crippen LogP contribution < -0.4 is 16.0 Å². The highest BCUT2D eigenvalue weighted by molar-refractivity contribution is 5.92. The zero-order chi connectivity index (χ0) is 28.0. The first-order valence-corrected chi connectivity index (χ1v) is 12.5. The molecule has 2 aromatic carbocycles. The maximum absolute atomic E-state index is 12.6. The number of ether oxygens (including phenoxy) is 2. The molecule has 0 heterocycles. The van der Waals surface area contributed by atoms with Crippen molar-refractivity contribution in [3.8, 4) is 11.1 Å². The largest absolute Gasteiger partial charge is 0.480 e. The number of carbonyl (C=O) groups is 4. The Hall–Kier alpha value is -3.92. The second-order valence-corrected chi connectivity index (χ2v) is 10.2. The lowest BCUT2D eigenvalue weighted by Crippen LogP contribution is -2.55. The van der Waals surface area contributed by atoms with Gasteiger partial charge in [0.1, 0.15) is 18.7 Å². The van der Waals surface area contributed by atoms with Gasteiger partial charge in [-0.25, -0.2) is 9.59 Å². The van der Waals surface area contributed by atoms with Gasteiger partial charge < -0.3 is 30.5 Å². The molecule has 3 amide bonds. The molecule has 0 radical (unpaired) electrons. The molecule has 0 aliphatic heterocycles. The number of carbonyl (C=O) groups excluding carboxylic acids is 3. The molecule has 0 aromatic heterocycles. The molecule has 10 nitrogen and oxygen atoms in total. The van der Waals surface area contributed by atoms with Gasteiger partial charge in [-0.05, 0) is 56.9 Å². The van der Waals surface area contributed by atoms with Crippen LogP contribution in [0, 0.1) is 0 Å². The van der Waals surface area contributed by atoms with Gasteiger partial charge in [-0.3, -0.25) is 9.59 Å². The minimum atomic E-state index is -1.28. The molecule has 204 valence electrons. The third-order valence-electron chi connectivity index (χ3n) is 6.12. The molecule has 0 saturated carbocycles. The first-order chi connectivity index (χ1) is 17.9. The summed E-state index contributed by atoms with van der Waals surface area (Å²) in [5.74, 6) is -2.70. The zero-order valence-electron chi connectivity index (χ0n) is 22.2. The Morgan fingerprint density at radius 2 is 1.34 bits per heavy atom. The van der Waals surface area contributed by atoms with Gasteiger partial charge in [-0.15, -0.1) is 0 Å². The third-order valence-corrected chi connectivity index (χ3v) is 6.12. The molecule has 0 unspecified atom stereocenters. The van der Waals surface area contributed by atoms with Crippen molar-refractivity contribution in [3.05, 3.63) is 59.7 Å². The first kappa shape index (κ1) is 28.6. The van der Waals surface area contributed by atoms with Crippen LogP contribution in [0.4, 0.5) is 4.79 Å². The smallest absolute Gasteiger partial charge is 0.407 e. The van der Waals surface area contributed by atoms with Crippen molar-refractivity contribution in [1.82, 2.24) is 16.0 Å². The number of benzene rings is 2. The monoisotopic (exact) mass is 525 g/mol. The predicted octanol–water partition coefficient (Wildman–Crippen LogP) is 2.80. The second-order valence-electron chi connectivity index (χ2n) is 10.2. The fourth-order valence-corrected chi connectivity index (χ4v) is 4.09. The molecule has 2 aromatic rings. The van der Waals surface area contributed by atoms with Crippen molar-refractivity contribution in [2.45, 2.75) is 64.3 Å². The Balaban J connectivity index is 1.49. The average molecular weight is 526 g/mol. The van der Waals surface area contributed by atoms with E-state index in [1.54, 1.807) is 20.8 Å². The highest BCUT2D eigenvalue weighted by atomic mass is 16.5. The van der Waals surface area contributed by atoms with E-state index in [1.165, 1.54) is 13.8 Å². The van der Waals surface area contributed by atoms with Gasteiger partial charge in [0.2, 0.25) is 11.8 Å².